The first-order valence-electron chi connectivity index (χ1n) is 7.72. The van der Waals surface area contributed by atoms with Crippen LogP contribution in [0.15, 0.2) is 42.6 Å². The number of ether oxygens (including phenoxy) is 1. The normalized spacial score (nSPS) is 10.7. The van der Waals surface area contributed by atoms with Gasteiger partial charge in [0.25, 0.3) is 11.8 Å². The molecule has 7 nitrogen and oxygen atoms in total. The van der Waals surface area contributed by atoms with Gasteiger partial charge >= 0.3 is 0 Å². The van der Waals surface area contributed by atoms with Crippen molar-refractivity contribution in [2.24, 2.45) is 7.05 Å². The molecule has 25 heavy (non-hydrogen) atoms. The zero-order valence-corrected chi connectivity index (χ0v) is 14.7. The number of aryl methyl sites for hydroxylation is 2. The van der Waals surface area contributed by atoms with Gasteiger partial charge in [-0.3, -0.25) is 9.48 Å². The van der Waals surface area contributed by atoms with Crippen LogP contribution in [0.4, 0.5) is 0 Å². The topological polar surface area (TPSA) is 74.0 Å². The Bertz CT molecular complexity index is 853. The van der Waals surface area contributed by atoms with Crippen LogP contribution in [0.2, 0.25) is 5.02 Å². The van der Waals surface area contributed by atoms with Gasteiger partial charge in [0.05, 0.1) is 24.1 Å². The fourth-order valence-corrected chi connectivity index (χ4v) is 2.43. The first kappa shape index (κ1) is 17.0. The van der Waals surface area contributed by atoms with Crippen molar-refractivity contribution in [3.63, 3.8) is 0 Å². The zero-order chi connectivity index (χ0) is 17.8. The van der Waals surface area contributed by atoms with E-state index in [9.17, 15) is 4.79 Å². The van der Waals surface area contributed by atoms with Gasteiger partial charge in [0.2, 0.25) is 0 Å². The largest absolute Gasteiger partial charge is 0.465 e. The zero-order valence-electron chi connectivity index (χ0n) is 13.9. The molecule has 1 aromatic carbocycles. The first-order chi connectivity index (χ1) is 12.0. The lowest BCUT2D eigenvalue weighted by molar-refractivity contribution is -0.123. The van der Waals surface area contributed by atoms with E-state index in [0.717, 1.165) is 17.1 Å². The number of aromatic nitrogens is 4. The van der Waals surface area contributed by atoms with Gasteiger partial charge in [-0.25, -0.2) is 4.68 Å². The molecule has 0 aliphatic carbocycles. The number of carbonyl (C=O) groups excluding carboxylic acids is 1. The smallest absolute Gasteiger partial charge is 0.258 e. The van der Waals surface area contributed by atoms with Crippen molar-refractivity contribution in [2.45, 2.75) is 13.5 Å². The molecule has 0 spiro atoms. The molecule has 0 radical (unpaired) electrons. The van der Waals surface area contributed by atoms with Crippen LogP contribution < -0.4 is 10.1 Å². The van der Waals surface area contributed by atoms with E-state index < -0.39 is 0 Å². The summed E-state index contributed by atoms with van der Waals surface area (Å²) in [4.78, 5) is 11.9. The van der Waals surface area contributed by atoms with Gasteiger partial charge in [-0.2, -0.15) is 5.10 Å². The molecule has 2 aromatic heterocycles. The van der Waals surface area contributed by atoms with Crippen LogP contribution in [0, 0.1) is 6.92 Å². The maximum absolute atomic E-state index is 11.9. The first-order valence-corrected chi connectivity index (χ1v) is 8.10. The molecule has 0 atom stereocenters. The number of carbonyl (C=O) groups is 1. The van der Waals surface area contributed by atoms with Gasteiger partial charge in [-0.15, -0.1) is 5.10 Å². The van der Waals surface area contributed by atoms with E-state index in [0.29, 0.717) is 11.6 Å². The highest BCUT2D eigenvalue weighted by Crippen LogP contribution is 2.23. The van der Waals surface area contributed by atoms with Crippen LogP contribution in [0.3, 0.4) is 0 Å². The van der Waals surface area contributed by atoms with Gasteiger partial charge < -0.3 is 10.1 Å². The van der Waals surface area contributed by atoms with E-state index in [1.165, 1.54) is 0 Å². The van der Waals surface area contributed by atoms with E-state index in [1.54, 1.807) is 15.6 Å². The average molecular weight is 360 g/mol. The third kappa shape index (κ3) is 4.19. The van der Waals surface area contributed by atoms with E-state index in [2.05, 4.69) is 15.5 Å². The summed E-state index contributed by atoms with van der Waals surface area (Å²) in [6.07, 6.45) is 1.64. The number of amides is 1. The van der Waals surface area contributed by atoms with Crippen molar-refractivity contribution in [1.29, 1.82) is 0 Å². The van der Waals surface area contributed by atoms with E-state index in [4.69, 9.17) is 16.3 Å². The highest BCUT2D eigenvalue weighted by molar-refractivity contribution is 6.31. The van der Waals surface area contributed by atoms with Crippen molar-refractivity contribution in [3.05, 3.63) is 59.0 Å². The van der Waals surface area contributed by atoms with Crippen LogP contribution in [0.25, 0.3) is 5.69 Å². The number of hydrogen-bond donors (Lipinski definition) is 1. The minimum atomic E-state index is -0.270. The third-order valence-electron chi connectivity index (χ3n) is 3.63. The van der Waals surface area contributed by atoms with E-state index in [1.807, 2.05) is 50.4 Å². The summed E-state index contributed by atoms with van der Waals surface area (Å²) in [5, 5.41) is 11.6. The summed E-state index contributed by atoms with van der Waals surface area (Å²) in [5.41, 5.74) is 2.67. The predicted octanol–water partition coefficient (Wildman–Crippen LogP) is 2.26. The molecule has 130 valence electrons. The molecule has 3 rings (SSSR count). The highest BCUT2D eigenvalue weighted by Gasteiger charge is 2.12. The number of nitrogens with one attached hydrogen (secondary N) is 1. The molecule has 0 aliphatic heterocycles. The van der Waals surface area contributed by atoms with Crippen LogP contribution in [0.5, 0.6) is 5.88 Å². The maximum Gasteiger partial charge on any atom is 0.258 e. The minimum Gasteiger partial charge on any atom is -0.465 e. The van der Waals surface area contributed by atoms with Crippen molar-refractivity contribution >= 4 is 17.5 Å². The molecule has 0 saturated carbocycles. The summed E-state index contributed by atoms with van der Waals surface area (Å²) in [7, 11) is 1.86. The van der Waals surface area contributed by atoms with Gasteiger partial charge in [-0.1, -0.05) is 29.8 Å². The Balaban J connectivity index is 1.54. The van der Waals surface area contributed by atoms with Crippen LogP contribution >= 0.6 is 11.6 Å². The molecule has 1 N–H and O–H groups in total. The van der Waals surface area contributed by atoms with E-state index >= 15 is 0 Å². The number of benzene rings is 1. The SMILES string of the molecule is Cc1cc(CNC(=O)COc2nn(-c3ccccc3)cc2Cl)nn1C. The van der Waals surface area contributed by atoms with Crippen LogP contribution in [-0.2, 0) is 18.4 Å². The summed E-state index contributed by atoms with van der Waals surface area (Å²) in [6.45, 7) is 2.12. The molecule has 1 amide bonds. The van der Waals surface area contributed by atoms with Gasteiger partial charge in [0.1, 0.15) is 5.02 Å². The Hall–Kier alpha value is -2.80. The third-order valence-corrected chi connectivity index (χ3v) is 3.89. The van der Waals surface area contributed by atoms with E-state index in [-0.39, 0.29) is 18.4 Å². The summed E-state index contributed by atoms with van der Waals surface area (Å²) in [6, 6.07) is 11.4. The molecule has 0 aliphatic rings. The fourth-order valence-electron chi connectivity index (χ4n) is 2.24. The summed E-state index contributed by atoms with van der Waals surface area (Å²) in [5.74, 6) is -0.0528. The minimum absolute atomic E-state index is 0.169. The number of rotatable bonds is 6. The number of hydrogen-bond acceptors (Lipinski definition) is 4. The number of halogens is 1. The van der Waals surface area contributed by atoms with Gasteiger partial charge in [-0.05, 0) is 25.1 Å². The van der Waals surface area contributed by atoms with Gasteiger partial charge in [0, 0.05) is 12.7 Å². The molecule has 0 unspecified atom stereocenters. The lowest BCUT2D eigenvalue weighted by atomic mass is 10.3. The summed E-state index contributed by atoms with van der Waals surface area (Å²) >= 11 is 6.12. The molecule has 0 saturated heterocycles. The second-order valence-electron chi connectivity index (χ2n) is 5.53. The maximum atomic E-state index is 11.9. The standard InChI is InChI=1S/C17H18ClN5O2/c1-12-8-13(20-22(12)2)9-19-16(24)11-25-17-15(18)10-23(21-17)14-6-4-3-5-7-14/h3-8,10H,9,11H2,1-2H3,(H,19,24). The monoisotopic (exact) mass is 359 g/mol. The number of nitrogens with zero attached hydrogens (tertiary/aromatic N) is 4. The summed E-state index contributed by atoms with van der Waals surface area (Å²) < 4.78 is 8.78. The van der Waals surface area contributed by atoms with Crippen molar-refractivity contribution < 1.29 is 9.53 Å². The molecular formula is C17H18ClN5O2. The average Bonchev–Trinajstić information content (AvgIpc) is 3.14. The predicted molar refractivity (Wildman–Crippen MR) is 93.9 cm³/mol. The van der Waals surface area contributed by atoms with Crippen molar-refractivity contribution in [1.82, 2.24) is 24.9 Å². The van der Waals surface area contributed by atoms with Gasteiger partial charge in [0.15, 0.2) is 6.61 Å². The number of para-hydroxylation sites is 1. The molecule has 0 fully saturated rings. The van der Waals surface area contributed by atoms with Crippen LogP contribution in [-0.4, -0.2) is 32.1 Å². The van der Waals surface area contributed by atoms with Crippen molar-refractivity contribution in [3.8, 4) is 11.6 Å². The Kier molecular flexibility index (Phi) is 5.04. The molecule has 8 heteroatoms. The molecular weight excluding hydrogens is 342 g/mol. The molecule has 2 heterocycles. The van der Waals surface area contributed by atoms with Crippen LogP contribution in [0.1, 0.15) is 11.4 Å². The second kappa shape index (κ2) is 7.40. The van der Waals surface area contributed by atoms with Crippen molar-refractivity contribution in [2.75, 3.05) is 6.61 Å². The molecule has 3 aromatic rings. The quantitative estimate of drug-likeness (QED) is 0.732. The lowest BCUT2D eigenvalue weighted by Crippen LogP contribution is -2.28. The fraction of sp³-hybridized carbons (Fsp3) is 0.235. The Morgan fingerprint density at radius 2 is 2.04 bits per heavy atom. The highest BCUT2D eigenvalue weighted by atomic mass is 35.5. The Morgan fingerprint density at radius 3 is 2.72 bits per heavy atom. The lowest BCUT2D eigenvalue weighted by Gasteiger charge is -2.04. The molecule has 0 bridgehead atoms. The Morgan fingerprint density at radius 1 is 1.28 bits per heavy atom. The Labute approximate surface area is 150 Å². The second-order valence-corrected chi connectivity index (χ2v) is 5.94.